The zero-order valence-corrected chi connectivity index (χ0v) is 6.94. The molecule has 0 spiro atoms. The number of nitrogens with one attached hydrogen (secondary N) is 1. The molecule has 0 aliphatic carbocycles. The fourth-order valence-electron chi connectivity index (χ4n) is 0.891. The lowest BCUT2D eigenvalue weighted by Gasteiger charge is -1.96. The molecule has 46 valence electrons. The second-order valence-electron chi connectivity index (χ2n) is 2.21. The molecule has 1 saturated heterocycles. The molecule has 8 heavy (non-hydrogen) atoms. The molecule has 1 unspecified atom stereocenters. The topological polar surface area (TPSA) is 12.0 Å². The van der Waals surface area contributed by atoms with E-state index in [0.717, 1.165) is 12.5 Å². The molecule has 1 N–H and O–H groups in total. The van der Waals surface area contributed by atoms with Gasteiger partial charge in [0.05, 0.1) is 0 Å². The minimum absolute atomic E-state index is 0.850. The van der Waals surface area contributed by atoms with Gasteiger partial charge < -0.3 is 5.32 Å². The van der Waals surface area contributed by atoms with E-state index in [4.69, 9.17) is 0 Å². The highest BCUT2D eigenvalue weighted by molar-refractivity contribution is 14.1. The lowest BCUT2D eigenvalue weighted by atomic mass is 10.1. The fraction of sp³-hybridized carbons (Fsp3) is 0.667. The second kappa shape index (κ2) is 2.71. The minimum Gasteiger partial charge on any atom is -0.388 e. The number of hydrogen-bond acceptors (Lipinski definition) is 1. The van der Waals surface area contributed by atoms with Crippen molar-refractivity contribution in [3.8, 4) is 0 Å². The van der Waals surface area contributed by atoms with Crippen LogP contribution in [0.2, 0.25) is 0 Å². The molecule has 0 aromatic heterocycles. The third-order valence-corrected chi connectivity index (χ3v) is 2.64. The summed E-state index contributed by atoms with van der Waals surface area (Å²) in [5.74, 6) is 0.850. The van der Waals surface area contributed by atoms with Gasteiger partial charge >= 0.3 is 0 Å². The Hall–Kier alpha value is 0.270. The largest absolute Gasteiger partial charge is 0.388 e. The Labute approximate surface area is 63.7 Å². The van der Waals surface area contributed by atoms with Gasteiger partial charge in [0.25, 0.3) is 0 Å². The average molecular weight is 223 g/mol. The van der Waals surface area contributed by atoms with Gasteiger partial charge in [-0.2, -0.15) is 0 Å². The first-order chi connectivity index (χ1) is 3.83. The van der Waals surface area contributed by atoms with Crippen LogP contribution in [0.15, 0.2) is 12.3 Å². The monoisotopic (exact) mass is 223 g/mol. The molecule has 0 aromatic rings. The Kier molecular flexibility index (Phi) is 2.16. The smallest absolute Gasteiger partial charge is 0.0183 e. The minimum atomic E-state index is 0.850. The Bertz CT molecular complexity index is 101. The third-order valence-electron chi connectivity index (χ3n) is 1.39. The molecule has 1 atom stereocenters. The standard InChI is InChI=1S/C6H10IN/c1-5-2-6(3-7)4-8-5/h6,8H,1-4H2. The number of alkyl halides is 1. The molecule has 0 amide bonds. The van der Waals surface area contributed by atoms with E-state index in [2.05, 4.69) is 34.5 Å². The summed E-state index contributed by atoms with van der Waals surface area (Å²) in [5, 5.41) is 3.22. The van der Waals surface area contributed by atoms with Crippen molar-refractivity contribution < 1.29 is 0 Å². The van der Waals surface area contributed by atoms with Crippen LogP contribution in [0.1, 0.15) is 6.42 Å². The quantitative estimate of drug-likeness (QED) is 0.525. The SMILES string of the molecule is C=C1CC(CI)CN1. The van der Waals surface area contributed by atoms with Gasteiger partial charge in [-0.25, -0.2) is 0 Å². The molecule has 0 saturated carbocycles. The van der Waals surface area contributed by atoms with E-state index in [9.17, 15) is 0 Å². The van der Waals surface area contributed by atoms with E-state index in [-0.39, 0.29) is 0 Å². The van der Waals surface area contributed by atoms with Gasteiger partial charge in [0.2, 0.25) is 0 Å². The van der Waals surface area contributed by atoms with E-state index >= 15 is 0 Å². The van der Waals surface area contributed by atoms with E-state index in [1.807, 2.05) is 0 Å². The van der Waals surface area contributed by atoms with Gasteiger partial charge in [-0.15, -0.1) is 0 Å². The van der Waals surface area contributed by atoms with Crippen LogP contribution in [0.25, 0.3) is 0 Å². The van der Waals surface area contributed by atoms with Crippen molar-refractivity contribution in [3.63, 3.8) is 0 Å². The molecule has 1 aliphatic rings. The Morgan fingerprint density at radius 2 is 2.62 bits per heavy atom. The molecule has 1 heterocycles. The second-order valence-corrected chi connectivity index (χ2v) is 3.09. The average Bonchev–Trinajstić information content (AvgIpc) is 2.14. The van der Waals surface area contributed by atoms with Crippen LogP contribution in [-0.4, -0.2) is 11.0 Å². The first kappa shape index (κ1) is 6.39. The van der Waals surface area contributed by atoms with Crippen LogP contribution in [0.5, 0.6) is 0 Å². The molecule has 1 fully saturated rings. The number of rotatable bonds is 1. The van der Waals surface area contributed by atoms with E-state index in [0.29, 0.717) is 0 Å². The van der Waals surface area contributed by atoms with E-state index in [1.54, 1.807) is 0 Å². The van der Waals surface area contributed by atoms with Gasteiger partial charge in [-0.05, 0) is 12.3 Å². The molecule has 0 bridgehead atoms. The maximum Gasteiger partial charge on any atom is 0.0183 e. The maximum absolute atomic E-state index is 3.84. The summed E-state index contributed by atoms with van der Waals surface area (Å²) >= 11 is 2.42. The lowest BCUT2D eigenvalue weighted by molar-refractivity contribution is 0.675. The zero-order valence-electron chi connectivity index (χ0n) is 4.78. The van der Waals surface area contributed by atoms with Gasteiger partial charge in [0.15, 0.2) is 0 Å². The summed E-state index contributed by atoms with van der Waals surface area (Å²) < 4.78 is 1.25. The van der Waals surface area contributed by atoms with Crippen molar-refractivity contribution in [2.45, 2.75) is 6.42 Å². The molecule has 2 heteroatoms. The summed E-state index contributed by atoms with van der Waals surface area (Å²) in [5.41, 5.74) is 1.21. The number of hydrogen-bond donors (Lipinski definition) is 1. The van der Waals surface area contributed by atoms with Gasteiger partial charge in [0.1, 0.15) is 0 Å². The molecule has 0 radical (unpaired) electrons. The normalized spacial score (nSPS) is 28.1. The van der Waals surface area contributed by atoms with Crippen LogP contribution in [-0.2, 0) is 0 Å². The van der Waals surface area contributed by atoms with Crippen molar-refractivity contribution in [2.75, 3.05) is 11.0 Å². The fourth-order valence-corrected chi connectivity index (χ4v) is 1.51. The molecule has 0 aromatic carbocycles. The predicted molar refractivity (Wildman–Crippen MR) is 44.1 cm³/mol. The van der Waals surface area contributed by atoms with Gasteiger partial charge in [0, 0.05) is 16.7 Å². The third kappa shape index (κ3) is 1.37. The number of allylic oxidation sites excluding steroid dienone is 1. The van der Waals surface area contributed by atoms with Crippen LogP contribution in [0.3, 0.4) is 0 Å². The summed E-state index contributed by atoms with van der Waals surface area (Å²) in [6.45, 7) is 4.98. The van der Waals surface area contributed by atoms with Crippen molar-refractivity contribution in [1.82, 2.24) is 5.32 Å². The molecule has 1 rings (SSSR count). The van der Waals surface area contributed by atoms with Crippen molar-refractivity contribution in [1.29, 1.82) is 0 Å². The van der Waals surface area contributed by atoms with Crippen LogP contribution >= 0.6 is 22.6 Å². The summed E-state index contributed by atoms with van der Waals surface area (Å²) in [7, 11) is 0. The summed E-state index contributed by atoms with van der Waals surface area (Å²) in [6.07, 6.45) is 1.18. The molecular formula is C6H10IN. The first-order valence-electron chi connectivity index (χ1n) is 2.80. The van der Waals surface area contributed by atoms with Crippen LogP contribution in [0, 0.1) is 5.92 Å². The molecule has 1 aliphatic heterocycles. The summed E-state index contributed by atoms with van der Waals surface area (Å²) in [4.78, 5) is 0. The van der Waals surface area contributed by atoms with Crippen LogP contribution < -0.4 is 5.32 Å². The van der Waals surface area contributed by atoms with Crippen molar-refractivity contribution in [2.24, 2.45) is 5.92 Å². The van der Waals surface area contributed by atoms with E-state index < -0.39 is 0 Å². The van der Waals surface area contributed by atoms with Gasteiger partial charge in [-0.1, -0.05) is 29.2 Å². The Balaban J connectivity index is 2.32. The maximum atomic E-state index is 3.84. The predicted octanol–water partition coefficient (Wildman–Crippen LogP) is 1.54. The summed E-state index contributed by atoms with van der Waals surface area (Å²) in [6, 6.07) is 0. The molecular weight excluding hydrogens is 213 g/mol. The van der Waals surface area contributed by atoms with E-state index in [1.165, 1.54) is 16.5 Å². The highest BCUT2D eigenvalue weighted by atomic mass is 127. The van der Waals surface area contributed by atoms with Gasteiger partial charge in [-0.3, -0.25) is 0 Å². The Morgan fingerprint density at radius 1 is 1.88 bits per heavy atom. The Morgan fingerprint density at radius 3 is 2.88 bits per heavy atom. The zero-order chi connectivity index (χ0) is 5.98. The highest BCUT2D eigenvalue weighted by Crippen LogP contribution is 2.16. The molecule has 1 nitrogen and oxygen atoms in total. The number of halogens is 1. The highest BCUT2D eigenvalue weighted by Gasteiger charge is 2.14. The van der Waals surface area contributed by atoms with Crippen molar-refractivity contribution in [3.05, 3.63) is 12.3 Å². The first-order valence-corrected chi connectivity index (χ1v) is 4.33. The van der Waals surface area contributed by atoms with Crippen LogP contribution in [0.4, 0.5) is 0 Å². The van der Waals surface area contributed by atoms with Crippen molar-refractivity contribution >= 4 is 22.6 Å². The lowest BCUT2D eigenvalue weighted by Crippen LogP contribution is -2.08.